The van der Waals surface area contributed by atoms with Gasteiger partial charge < -0.3 is 9.16 Å². The third kappa shape index (κ3) is 4.56. The number of benzene rings is 2. The number of ether oxygens (including phenoxy) is 1. The van der Waals surface area contributed by atoms with Gasteiger partial charge in [-0.2, -0.15) is 5.26 Å². The molecular weight excluding hydrogens is 414 g/mol. The predicted octanol–water partition coefficient (Wildman–Crippen LogP) is 5.08. The van der Waals surface area contributed by atoms with E-state index in [-0.39, 0.29) is 10.6 Å². The summed E-state index contributed by atoms with van der Waals surface area (Å²) in [5.74, 6) is -0.816. The Morgan fingerprint density at radius 2 is 1.63 bits per heavy atom. The Hall–Kier alpha value is -2.27. The number of carbonyl (C=O) groups is 1. The summed E-state index contributed by atoms with van der Waals surface area (Å²) in [4.78, 5) is 13.9. The maximum absolute atomic E-state index is 13.4. The maximum Gasteiger partial charge on any atom is 0.357 e. The smallest absolute Gasteiger partial charge is 0.357 e. The molecule has 2 rings (SSSR count). The lowest BCUT2D eigenvalue weighted by molar-refractivity contribution is -0.156. The Morgan fingerprint density at radius 3 is 2.13 bits per heavy atom. The topological polar surface area (TPSA) is 76.4 Å². The highest BCUT2D eigenvalue weighted by Crippen LogP contribution is 2.43. The predicted molar refractivity (Wildman–Crippen MR) is 120 cm³/mol. The molecular formula is C23H29NO4SSi. The van der Waals surface area contributed by atoms with Crippen molar-refractivity contribution in [2.45, 2.75) is 61.2 Å². The molecule has 0 aromatic heterocycles. The molecule has 160 valence electrons. The van der Waals surface area contributed by atoms with Crippen LogP contribution in [0.5, 0.6) is 0 Å². The number of rotatable bonds is 6. The number of hydrogen-bond acceptors (Lipinski definition) is 5. The van der Waals surface area contributed by atoms with Crippen LogP contribution in [0.3, 0.4) is 0 Å². The van der Waals surface area contributed by atoms with Gasteiger partial charge in [0.2, 0.25) is 0 Å². The van der Waals surface area contributed by atoms with E-state index in [2.05, 4.69) is 6.07 Å². The first-order chi connectivity index (χ1) is 13.9. The Bertz CT molecular complexity index is 989. The molecule has 5 nitrogen and oxygen atoms in total. The third-order valence-electron chi connectivity index (χ3n) is 5.55. The number of nitriles is 1. The Morgan fingerprint density at radius 1 is 1.07 bits per heavy atom. The molecule has 0 spiro atoms. The molecule has 2 aromatic carbocycles. The van der Waals surface area contributed by atoms with Crippen molar-refractivity contribution in [1.29, 1.82) is 5.26 Å². The molecule has 0 bridgehead atoms. The number of nitrogens with zero attached hydrogens (tertiary/aromatic N) is 1. The number of esters is 1. The Kier molecular flexibility index (Phi) is 7.07. The van der Waals surface area contributed by atoms with E-state index < -0.39 is 30.7 Å². The summed E-state index contributed by atoms with van der Waals surface area (Å²) in [5, 5.41) is 9.97. The molecule has 0 aliphatic heterocycles. The first-order valence-electron chi connectivity index (χ1n) is 9.67. The first kappa shape index (κ1) is 24.0. The quantitative estimate of drug-likeness (QED) is 0.460. The summed E-state index contributed by atoms with van der Waals surface area (Å²) in [5.41, 5.74) is -0.705. The van der Waals surface area contributed by atoms with E-state index >= 15 is 0 Å². The van der Waals surface area contributed by atoms with Crippen LogP contribution in [0.4, 0.5) is 0 Å². The zero-order valence-electron chi connectivity index (χ0n) is 18.6. The minimum atomic E-state index is -2.59. The Labute approximate surface area is 182 Å². The van der Waals surface area contributed by atoms with Gasteiger partial charge in [0.05, 0.1) is 22.8 Å². The summed E-state index contributed by atoms with van der Waals surface area (Å²) >= 11 is 0. The molecule has 30 heavy (non-hydrogen) atoms. The van der Waals surface area contributed by atoms with Gasteiger partial charge in [-0.25, -0.2) is 9.00 Å². The largest absolute Gasteiger partial charge is 0.466 e. The van der Waals surface area contributed by atoms with Gasteiger partial charge in [0.1, 0.15) is 6.07 Å². The number of carbonyl (C=O) groups excluding carboxylic acids is 1. The Balaban J connectivity index is 2.72. The van der Waals surface area contributed by atoms with Crippen molar-refractivity contribution in [1.82, 2.24) is 0 Å². The van der Waals surface area contributed by atoms with Gasteiger partial charge in [-0.1, -0.05) is 56.7 Å². The number of aryl methyl sites for hydroxylation is 1. The summed E-state index contributed by atoms with van der Waals surface area (Å²) in [6, 6.07) is 16.1. The highest BCUT2D eigenvalue weighted by atomic mass is 32.2. The zero-order chi connectivity index (χ0) is 22.7. The highest BCUT2D eigenvalue weighted by molar-refractivity contribution is 7.85. The lowest BCUT2D eigenvalue weighted by Gasteiger charge is -2.41. The van der Waals surface area contributed by atoms with Crippen LogP contribution in [0.25, 0.3) is 0 Å². The normalized spacial score (nSPS) is 15.0. The zero-order valence-corrected chi connectivity index (χ0v) is 20.4. The molecule has 0 saturated heterocycles. The summed E-state index contributed by atoms with van der Waals surface area (Å²) in [6.45, 7) is 11.9. The van der Waals surface area contributed by atoms with Crippen molar-refractivity contribution in [2.75, 3.05) is 7.11 Å². The number of methoxy groups -OCH3 is 1. The minimum absolute atomic E-state index is 0.253. The summed E-state index contributed by atoms with van der Waals surface area (Å²) in [6.07, 6.45) is 0. The van der Waals surface area contributed by atoms with Crippen LogP contribution in [-0.4, -0.2) is 25.6 Å². The standard InChI is InChI=1S/C23H29NO4SSi/c1-17-12-14-18(15-13-17)29(26)20-11-9-8-10-19(20)23(16-24,21(25)27-5)28-30(6,7)22(2,3)4/h8-15H,1-7H3/t23-,29-/m0/s1. The van der Waals surface area contributed by atoms with E-state index in [0.29, 0.717) is 9.79 Å². The highest BCUT2D eigenvalue weighted by Gasteiger charge is 2.52. The van der Waals surface area contributed by atoms with Gasteiger partial charge in [0.25, 0.3) is 5.60 Å². The molecule has 0 unspecified atom stereocenters. The molecule has 2 atom stereocenters. The van der Waals surface area contributed by atoms with Crippen molar-refractivity contribution in [3.63, 3.8) is 0 Å². The second-order valence-electron chi connectivity index (χ2n) is 8.72. The van der Waals surface area contributed by atoms with E-state index in [1.165, 1.54) is 7.11 Å². The first-order valence-corrected chi connectivity index (χ1v) is 13.7. The molecule has 7 heteroatoms. The SMILES string of the molecule is COC(=O)[C@@](C#N)(O[Si](C)(C)C(C)(C)C)c1ccccc1[S@@](=O)c1ccc(C)cc1. The van der Waals surface area contributed by atoms with Crippen molar-refractivity contribution < 1.29 is 18.2 Å². The van der Waals surface area contributed by atoms with Crippen LogP contribution in [-0.2, 0) is 30.4 Å². The fraction of sp³-hybridized carbons (Fsp3) is 0.391. The van der Waals surface area contributed by atoms with Crippen LogP contribution >= 0.6 is 0 Å². The van der Waals surface area contributed by atoms with Crippen LogP contribution in [0.1, 0.15) is 31.9 Å². The average molecular weight is 444 g/mol. The van der Waals surface area contributed by atoms with Gasteiger partial charge in [0, 0.05) is 10.5 Å². The molecule has 0 heterocycles. The van der Waals surface area contributed by atoms with Crippen molar-refractivity contribution in [3.8, 4) is 6.07 Å². The molecule has 0 radical (unpaired) electrons. The number of hydrogen-bond donors (Lipinski definition) is 0. The molecule has 0 N–H and O–H groups in total. The molecule has 0 saturated carbocycles. The third-order valence-corrected chi connectivity index (χ3v) is 11.4. The maximum atomic E-state index is 13.4. The van der Waals surface area contributed by atoms with Crippen LogP contribution in [0, 0.1) is 18.3 Å². The van der Waals surface area contributed by atoms with Crippen LogP contribution in [0.15, 0.2) is 58.3 Å². The van der Waals surface area contributed by atoms with Crippen molar-refractivity contribution in [3.05, 3.63) is 59.7 Å². The lowest BCUT2D eigenvalue weighted by Crippen LogP contribution is -2.52. The molecule has 0 aliphatic rings. The van der Waals surface area contributed by atoms with Crippen LogP contribution < -0.4 is 0 Å². The lowest BCUT2D eigenvalue weighted by atomic mass is 9.95. The van der Waals surface area contributed by atoms with Gasteiger partial charge in [-0.05, 0) is 43.3 Å². The summed E-state index contributed by atoms with van der Waals surface area (Å²) in [7, 11) is -2.97. The monoisotopic (exact) mass is 443 g/mol. The fourth-order valence-corrected chi connectivity index (χ4v) is 5.28. The van der Waals surface area contributed by atoms with E-state index in [1.807, 2.05) is 52.9 Å². The average Bonchev–Trinajstić information content (AvgIpc) is 2.70. The fourth-order valence-electron chi connectivity index (χ4n) is 2.72. The van der Waals surface area contributed by atoms with Gasteiger partial charge in [-0.15, -0.1) is 0 Å². The second-order valence-corrected chi connectivity index (χ2v) is 14.9. The van der Waals surface area contributed by atoms with Crippen LogP contribution in [0.2, 0.25) is 18.1 Å². The van der Waals surface area contributed by atoms with E-state index in [0.717, 1.165) is 5.56 Å². The minimum Gasteiger partial charge on any atom is -0.466 e. The summed E-state index contributed by atoms with van der Waals surface area (Å²) < 4.78 is 24.8. The molecule has 0 aliphatic carbocycles. The van der Waals surface area contributed by atoms with E-state index in [1.54, 1.807) is 36.4 Å². The molecule has 2 aromatic rings. The van der Waals surface area contributed by atoms with E-state index in [4.69, 9.17) is 9.16 Å². The van der Waals surface area contributed by atoms with Gasteiger partial charge >= 0.3 is 5.97 Å². The molecule has 0 amide bonds. The van der Waals surface area contributed by atoms with Crippen molar-refractivity contribution >= 4 is 25.1 Å². The van der Waals surface area contributed by atoms with E-state index in [9.17, 15) is 14.3 Å². The molecule has 0 fully saturated rings. The van der Waals surface area contributed by atoms with Crippen molar-refractivity contribution in [2.24, 2.45) is 0 Å². The van der Waals surface area contributed by atoms with Gasteiger partial charge in [0.15, 0.2) is 8.32 Å². The van der Waals surface area contributed by atoms with Gasteiger partial charge in [-0.3, -0.25) is 0 Å². The second kappa shape index (κ2) is 8.84.